The molecule has 8 nitrogen and oxygen atoms in total. The topological polar surface area (TPSA) is 99.9 Å². The van der Waals surface area contributed by atoms with Crippen LogP contribution in [0, 0.1) is 12.8 Å². The fraction of sp³-hybridized carbons (Fsp3) is 0.688. The van der Waals surface area contributed by atoms with Gasteiger partial charge in [0.05, 0.1) is 6.10 Å². The van der Waals surface area contributed by atoms with Crippen LogP contribution in [0.1, 0.15) is 38.0 Å². The number of aliphatic imine (C=N–C) groups is 1. The van der Waals surface area contributed by atoms with E-state index in [1.54, 1.807) is 6.20 Å². The highest BCUT2D eigenvalue weighted by atomic mass is 31.1. The molecule has 0 spiro atoms. The summed E-state index contributed by atoms with van der Waals surface area (Å²) in [5.41, 5.74) is 0.372. The van der Waals surface area contributed by atoms with E-state index in [0.29, 0.717) is 12.2 Å². The smallest absolute Gasteiger partial charge is 0.351 e. The predicted molar refractivity (Wildman–Crippen MR) is 92.4 cm³/mol. The Labute approximate surface area is 147 Å². The minimum Gasteiger partial charge on any atom is -0.596 e. The summed E-state index contributed by atoms with van der Waals surface area (Å²) < 4.78 is 18.2. The summed E-state index contributed by atoms with van der Waals surface area (Å²) in [7, 11) is -0.480. The zero-order chi connectivity index (χ0) is 18.1. The van der Waals surface area contributed by atoms with Gasteiger partial charge < -0.3 is 14.5 Å². The molecule has 1 aromatic heterocycles. The van der Waals surface area contributed by atoms with Gasteiger partial charge in [-0.1, -0.05) is 4.57 Å². The van der Waals surface area contributed by atoms with E-state index in [9.17, 15) is 14.3 Å². The van der Waals surface area contributed by atoms with Gasteiger partial charge in [0, 0.05) is 44.1 Å². The normalized spacial score (nSPS) is 28.8. The van der Waals surface area contributed by atoms with Crippen LogP contribution in [0.4, 0.5) is 5.82 Å². The molecule has 25 heavy (non-hydrogen) atoms. The van der Waals surface area contributed by atoms with E-state index in [2.05, 4.69) is 14.9 Å². The number of aromatic nitrogens is 2. The second-order valence-electron chi connectivity index (χ2n) is 6.80. The first-order valence-corrected chi connectivity index (χ1v) is 9.87. The van der Waals surface area contributed by atoms with E-state index in [-0.39, 0.29) is 18.2 Å². The van der Waals surface area contributed by atoms with Gasteiger partial charge >= 0.3 is 13.7 Å². The van der Waals surface area contributed by atoms with Crippen molar-refractivity contribution in [1.29, 1.82) is 0 Å². The molecule has 1 unspecified atom stereocenters. The highest BCUT2D eigenvalue weighted by Crippen LogP contribution is 2.36. The highest BCUT2D eigenvalue weighted by Gasteiger charge is 2.36. The van der Waals surface area contributed by atoms with Gasteiger partial charge in [-0.25, -0.2) is 9.79 Å². The Hall–Kier alpha value is -1.63. The van der Waals surface area contributed by atoms with Gasteiger partial charge in [0.1, 0.15) is 18.2 Å². The van der Waals surface area contributed by atoms with Gasteiger partial charge in [0.25, 0.3) is 0 Å². The number of rotatable bonds is 4. The zero-order valence-corrected chi connectivity index (χ0v) is 15.6. The Kier molecular flexibility index (Phi) is 5.32. The second kappa shape index (κ2) is 7.32. The number of aryl methyl sites for hydroxylation is 1. The van der Waals surface area contributed by atoms with Crippen LogP contribution in [0.5, 0.6) is 0 Å². The monoisotopic (exact) mass is 366 g/mol. The highest BCUT2D eigenvalue weighted by molar-refractivity contribution is 7.36. The Morgan fingerprint density at radius 3 is 2.92 bits per heavy atom. The van der Waals surface area contributed by atoms with E-state index in [0.717, 1.165) is 30.8 Å². The first-order chi connectivity index (χ1) is 11.8. The van der Waals surface area contributed by atoms with Crippen LogP contribution in [0.15, 0.2) is 16.0 Å². The standard InChI is InChI=1S/C16H23N4O4P/c1-10-8-20(14-7-12(9-25(22)23)11(2)24-14)16(21)18-15(10)17-13-5-4-6-19(13)3/h8,11-12,14H,4-7,9H2,1-3H3/t11-,12-,14-/m1/s1. The van der Waals surface area contributed by atoms with Crippen molar-refractivity contribution in [2.24, 2.45) is 10.9 Å². The largest absolute Gasteiger partial charge is 0.596 e. The van der Waals surface area contributed by atoms with Gasteiger partial charge in [0.15, 0.2) is 5.82 Å². The quantitative estimate of drug-likeness (QED) is 0.746. The van der Waals surface area contributed by atoms with Crippen LogP contribution in [0.2, 0.25) is 0 Å². The van der Waals surface area contributed by atoms with Crippen molar-refractivity contribution in [2.45, 2.75) is 45.4 Å². The van der Waals surface area contributed by atoms with E-state index >= 15 is 0 Å². The lowest BCUT2D eigenvalue weighted by atomic mass is 10.0. The number of nitrogens with zero attached hydrogens (tertiary/aromatic N) is 4. The lowest BCUT2D eigenvalue weighted by Gasteiger charge is -2.15. The summed E-state index contributed by atoms with van der Waals surface area (Å²) in [5.74, 6) is 1.28. The summed E-state index contributed by atoms with van der Waals surface area (Å²) in [5, 5.41) is 0. The molecule has 0 aliphatic carbocycles. The number of hydrogen-bond donors (Lipinski definition) is 0. The molecule has 2 saturated heterocycles. The number of amidine groups is 1. The molecular weight excluding hydrogens is 343 g/mol. The maximum atomic E-state index is 12.4. The van der Waals surface area contributed by atoms with E-state index in [1.165, 1.54) is 4.57 Å². The lowest BCUT2D eigenvalue weighted by Crippen LogP contribution is -2.27. The van der Waals surface area contributed by atoms with E-state index < -0.39 is 19.9 Å². The Morgan fingerprint density at radius 1 is 1.52 bits per heavy atom. The molecule has 2 aliphatic rings. The molecule has 0 aromatic carbocycles. The third-order valence-corrected chi connectivity index (χ3v) is 5.68. The average molecular weight is 366 g/mol. The fourth-order valence-corrected chi connectivity index (χ4v) is 4.22. The third-order valence-electron chi connectivity index (χ3n) is 4.91. The predicted octanol–water partition coefficient (Wildman–Crippen LogP) is 1.33. The number of likely N-dealkylation sites (tertiary alicyclic amines) is 1. The molecule has 3 heterocycles. The van der Waals surface area contributed by atoms with Crippen LogP contribution in [0.3, 0.4) is 0 Å². The molecule has 4 atom stereocenters. The first kappa shape index (κ1) is 18.2. The summed E-state index contributed by atoms with van der Waals surface area (Å²) in [4.78, 5) is 34.1. The second-order valence-corrected chi connectivity index (χ2v) is 7.83. The molecule has 2 fully saturated rings. The molecule has 0 radical (unpaired) electrons. The first-order valence-electron chi connectivity index (χ1n) is 8.51. The average Bonchev–Trinajstić information content (AvgIpc) is 3.09. The van der Waals surface area contributed by atoms with Crippen molar-refractivity contribution in [3.05, 3.63) is 22.2 Å². The maximum Gasteiger partial charge on any atom is 0.351 e. The van der Waals surface area contributed by atoms with Crippen LogP contribution >= 0.6 is 8.03 Å². The van der Waals surface area contributed by atoms with Gasteiger partial charge in [-0.05, 0) is 20.3 Å². The molecule has 9 heteroatoms. The van der Waals surface area contributed by atoms with Crippen molar-refractivity contribution in [1.82, 2.24) is 14.5 Å². The summed E-state index contributed by atoms with van der Waals surface area (Å²) in [6.07, 6.45) is 3.53. The lowest BCUT2D eigenvalue weighted by molar-refractivity contribution is -0.165. The van der Waals surface area contributed by atoms with Gasteiger partial charge in [-0.2, -0.15) is 4.98 Å². The molecule has 2 aliphatic heterocycles. The summed E-state index contributed by atoms with van der Waals surface area (Å²) in [6, 6.07) is 0. The van der Waals surface area contributed by atoms with Crippen LogP contribution < -0.4 is 10.6 Å². The molecule has 0 bridgehead atoms. The van der Waals surface area contributed by atoms with Crippen LogP contribution in [0.25, 0.3) is 0 Å². The molecule has 0 N–H and O–H groups in total. The van der Waals surface area contributed by atoms with Crippen LogP contribution in [-0.2, 0) is 9.30 Å². The van der Waals surface area contributed by atoms with Crippen molar-refractivity contribution >= 4 is 19.7 Å². The van der Waals surface area contributed by atoms with E-state index in [1.807, 2.05) is 20.9 Å². The number of ether oxygens (including phenoxy) is 1. The Balaban J connectivity index is 1.84. The molecule has 136 valence electrons. The van der Waals surface area contributed by atoms with E-state index in [4.69, 9.17) is 4.74 Å². The van der Waals surface area contributed by atoms with Crippen LogP contribution in [-0.4, -0.2) is 46.1 Å². The van der Waals surface area contributed by atoms with Gasteiger partial charge in [-0.15, -0.1) is 0 Å². The van der Waals surface area contributed by atoms with Crippen molar-refractivity contribution in [3.63, 3.8) is 0 Å². The number of hydrogen-bond acceptors (Lipinski definition) is 6. The molecule has 3 rings (SSSR count). The fourth-order valence-electron chi connectivity index (χ4n) is 3.39. The molecule has 1 aromatic rings. The maximum absolute atomic E-state index is 12.4. The molecule has 0 amide bonds. The van der Waals surface area contributed by atoms with Gasteiger partial charge in [-0.3, -0.25) is 4.57 Å². The summed E-state index contributed by atoms with van der Waals surface area (Å²) >= 11 is 0. The molecular formula is C16H23N4O4P. The Morgan fingerprint density at radius 2 is 2.28 bits per heavy atom. The van der Waals surface area contributed by atoms with Crippen molar-refractivity contribution in [3.8, 4) is 0 Å². The SMILES string of the molecule is Cc1cn([C@H]2C[C@H](C[P+](=O)[O-])[C@@H](C)O2)c(=O)nc1N=C1CCCN1C. The van der Waals surface area contributed by atoms with Gasteiger partial charge in [0.2, 0.25) is 0 Å². The zero-order valence-electron chi connectivity index (χ0n) is 14.7. The third kappa shape index (κ3) is 3.97. The van der Waals surface area contributed by atoms with Crippen molar-refractivity contribution in [2.75, 3.05) is 19.8 Å². The minimum absolute atomic E-state index is 0.0756. The minimum atomic E-state index is -2.46. The molecule has 0 saturated carbocycles. The summed E-state index contributed by atoms with van der Waals surface area (Å²) in [6.45, 7) is 4.67. The Bertz CT molecular complexity index is 763. The van der Waals surface area contributed by atoms with Crippen molar-refractivity contribution < 1.29 is 14.2 Å².